The molecule has 0 saturated carbocycles. The van der Waals surface area contributed by atoms with Gasteiger partial charge in [-0.2, -0.15) is 0 Å². The number of aromatic nitrogens is 1. The van der Waals surface area contributed by atoms with E-state index in [2.05, 4.69) is 25.9 Å². The summed E-state index contributed by atoms with van der Waals surface area (Å²) in [5.41, 5.74) is 18.2. The van der Waals surface area contributed by atoms with E-state index in [1.54, 1.807) is 20.8 Å². The number of nitrogens with one attached hydrogen (secondary N) is 4. The molecule has 5 amide bonds. The largest absolute Gasteiger partial charge is 0.480 e. The number of benzene rings is 1. The fraction of sp³-hybridized carbons (Fsp3) is 0.595. The molecule has 1 aromatic carbocycles. The summed E-state index contributed by atoms with van der Waals surface area (Å²) in [5.74, 6) is -3.71. The van der Waals surface area contributed by atoms with Crippen molar-refractivity contribution in [2.75, 3.05) is 19.6 Å². The van der Waals surface area contributed by atoms with E-state index in [0.29, 0.717) is 38.6 Å². The number of aromatic amines is 1. The number of nitrogens with zero attached hydrogens (tertiary/aromatic N) is 3. The molecule has 302 valence electrons. The first-order valence-corrected chi connectivity index (χ1v) is 18.8. The highest BCUT2D eigenvalue weighted by molar-refractivity contribution is 5.97. The Labute approximate surface area is 320 Å². The van der Waals surface area contributed by atoms with Gasteiger partial charge in [0.05, 0.1) is 6.54 Å². The predicted molar refractivity (Wildman–Crippen MR) is 204 cm³/mol. The number of carbonyl (C=O) groups excluding carboxylic acids is 5. The summed E-state index contributed by atoms with van der Waals surface area (Å²) in [6, 6.07) is 2.28. The summed E-state index contributed by atoms with van der Waals surface area (Å²) in [5, 5.41) is 18.4. The highest BCUT2D eigenvalue weighted by Crippen LogP contribution is 2.31. The zero-order valence-electron chi connectivity index (χ0n) is 32.1. The van der Waals surface area contributed by atoms with Crippen molar-refractivity contribution in [3.63, 3.8) is 0 Å². The quantitative estimate of drug-likeness (QED) is 0.0664. The Bertz CT molecular complexity index is 1750. The number of fused-ring (bicyclic) bond motifs is 3. The Morgan fingerprint density at radius 2 is 1.65 bits per heavy atom. The number of para-hydroxylation sites is 1. The van der Waals surface area contributed by atoms with Crippen LogP contribution in [0.25, 0.3) is 10.9 Å². The average molecular weight is 769 g/mol. The molecule has 18 nitrogen and oxygen atoms in total. The Kier molecular flexibility index (Phi) is 14.5. The maximum absolute atomic E-state index is 14.3. The van der Waals surface area contributed by atoms with Crippen molar-refractivity contribution in [1.29, 1.82) is 0 Å². The topological polar surface area (TPSA) is 281 Å². The fourth-order valence-electron chi connectivity index (χ4n) is 6.91. The molecule has 2 aromatic rings. The number of hydrogen-bond donors (Lipinski definition) is 8. The van der Waals surface area contributed by atoms with Gasteiger partial charge >= 0.3 is 12.1 Å². The zero-order valence-corrected chi connectivity index (χ0v) is 32.1. The predicted octanol–water partition coefficient (Wildman–Crippen LogP) is 0.562. The van der Waals surface area contributed by atoms with Gasteiger partial charge in [0, 0.05) is 36.1 Å². The molecule has 0 radical (unpaired) electrons. The van der Waals surface area contributed by atoms with Crippen LogP contribution in [0.3, 0.4) is 0 Å². The summed E-state index contributed by atoms with van der Waals surface area (Å²) in [7, 11) is 0. The first-order chi connectivity index (χ1) is 26.0. The average Bonchev–Trinajstić information content (AvgIpc) is 3.76. The molecule has 3 heterocycles. The summed E-state index contributed by atoms with van der Waals surface area (Å²) in [4.78, 5) is 90.4. The Morgan fingerprint density at radius 3 is 2.33 bits per heavy atom. The Hall–Kier alpha value is -5.39. The van der Waals surface area contributed by atoms with E-state index in [0.717, 1.165) is 22.2 Å². The molecule has 1 saturated heterocycles. The summed E-state index contributed by atoms with van der Waals surface area (Å²) < 4.78 is 5.70. The van der Waals surface area contributed by atoms with Gasteiger partial charge < -0.3 is 52.9 Å². The number of nitrogens with two attached hydrogens (primary N) is 3. The standard InChI is InChI=1S/C37H56N10O8/c1-21(30(48)45-26(34(52)53)13-7-8-16-38)42-31(49)28-15-10-18-46(28)33(51)25(14-9-17-41-35(39)40)44-32(50)29-19-23-22-11-5-6-12-24(22)43-27(23)20-47(29)36(54)55-37(2,3)4/h5-6,11-12,21,25-26,28-29,43H,7-10,13-20,38H2,1-4H3,(H,42,49)(H,44,50)(H,45,48)(H,52,53)(H4,39,40,41)/t21-,25-,26-,28-,29?/m0/s1. The van der Waals surface area contributed by atoms with Crippen LogP contribution in [0.1, 0.15) is 83.9 Å². The number of aliphatic imine (C=N–C) groups is 1. The number of carboxylic acids is 1. The summed E-state index contributed by atoms with van der Waals surface area (Å²) in [6.07, 6.45) is 1.95. The van der Waals surface area contributed by atoms with E-state index in [1.807, 2.05) is 24.3 Å². The maximum Gasteiger partial charge on any atom is 0.411 e. The third-order valence-electron chi connectivity index (χ3n) is 9.65. The van der Waals surface area contributed by atoms with E-state index in [9.17, 15) is 33.9 Å². The highest BCUT2D eigenvalue weighted by atomic mass is 16.6. The molecule has 1 fully saturated rings. The molecule has 0 bridgehead atoms. The highest BCUT2D eigenvalue weighted by Gasteiger charge is 2.42. The molecule has 2 aliphatic rings. The van der Waals surface area contributed by atoms with Gasteiger partial charge in [-0.15, -0.1) is 0 Å². The lowest BCUT2D eigenvalue weighted by atomic mass is 9.95. The number of carbonyl (C=O) groups is 6. The van der Waals surface area contributed by atoms with Crippen molar-refractivity contribution < 1.29 is 38.6 Å². The number of guanidine groups is 1. The van der Waals surface area contributed by atoms with Crippen LogP contribution in [-0.4, -0.2) is 117 Å². The van der Waals surface area contributed by atoms with Crippen LogP contribution in [0.2, 0.25) is 0 Å². The second-order valence-corrected chi connectivity index (χ2v) is 15.1. The zero-order chi connectivity index (χ0) is 40.4. The Morgan fingerprint density at radius 1 is 0.964 bits per heavy atom. The van der Waals surface area contributed by atoms with E-state index in [1.165, 1.54) is 16.7 Å². The number of amides is 5. The number of unbranched alkanes of at least 4 members (excludes halogenated alkanes) is 1. The lowest BCUT2D eigenvalue weighted by molar-refractivity contribution is -0.143. The first kappa shape index (κ1) is 42.4. The number of aliphatic carboxylic acids is 1. The van der Waals surface area contributed by atoms with E-state index in [-0.39, 0.29) is 44.9 Å². The molecule has 2 aliphatic heterocycles. The number of hydrogen-bond acceptors (Lipinski definition) is 9. The summed E-state index contributed by atoms with van der Waals surface area (Å²) in [6.45, 7) is 7.48. The van der Waals surface area contributed by atoms with Gasteiger partial charge in [-0.3, -0.25) is 29.1 Å². The van der Waals surface area contributed by atoms with Crippen LogP contribution < -0.4 is 33.2 Å². The maximum atomic E-state index is 14.3. The third kappa shape index (κ3) is 11.3. The van der Waals surface area contributed by atoms with Crippen LogP contribution in [0, 0.1) is 0 Å². The normalized spacial score (nSPS) is 18.4. The van der Waals surface area contributed by atoms with Crippen LogP contribution in [0.5, 0.6) is 0 Å². The minimum absolute atomic E-state index is 0.0706. The molecule has 1 unspecified atom stereocenters. The molecule has 55 heavy (non-hydrogen) atoms. The van der Waals surface area contributed by atoms with Gasteiger partial charge in [-0.25, -0.2) is 9.59 Å². The van der Waals surface area contributed by atoms with Crippen molar-refractivity contribution in [3.8, 4) is 0 Å². The van der Waals surface area contributed by atoms with E-state index >= 15 is 0 Å². The second-order valence-electron chi connectivity index (χ2n) is 15.1. The number of rotatable bonds is 16. The molecular weight excluding hydrogens is 712 g/mol. The molecule has 1 aromatic heterocycles. The van der Waals surface area contributed by atoms with Crippen LogP contribution >= 0.6 is 0 Å². The number of likely N-dealkylation sites (tertiary alicyclic amines) is 1. The molecular formula is C37H56N10O8. The number of H-pyrrole nitrogens is 1. The van der Waals surface area contributed by atoms with Gasteiger partial charge in [0.15, 0.2) is 5.96 Å². The minimum Gasteiger partial charge on any atom is -0.480 e. The first-order valence-electron chi connectivity index (χ1n) is 18.8. The van der Waals surface area contributed by atoms with Crippen LogP contribution in [0.15, 0.2) is 29.3 Å². The van der Waals surface area contributed by atoms with Gasteiger partial charge in [-0.1, -0.05) is 18.2 Å². The van der Waals surface area contributed by atoms with Crippen molar-refractivity contribution in [2.45, 2.75) is 121 Å². The molecule has 18 heteroatoms. The number of carboxylic acid groups (broad SMARTS) is 1. The molecule has 0 aliphatic carbocycles. The molecule has 11 N–H and O–H groups in total. The molecule has 0 spiro atoms. The van der Waals surface area contributed by atoms with Crippen molar-refractivity contribution >= 4 is 52.6 Å². The lowest BCUT2D eigenvalue weighted by Crippen LogP contribution is -2.59. The monoisotopic (exact) mass is 768 g/mol. The van der Waals surface area contributed by atoms with Gasteiger partial charge in [0.1, 0.15) is 35.8 Å². The van der Waals surface area contributed by atoms with Crippen LogP contribution in [-0.2, 0) is 41.7 Å². The van der Waals surface area contributed by atoms with Crippen molar-refractivity contribution in [2.24, 2.45) is 22.2 Å². The lowest BCUT2D eigenvalue weighted by Gasteiger charge is -2.37. The van der Waals surface area contributed by atoms with Gasteiger partial charge in [0.25, 0.3) is 0 Å². The van der Waals surface area contributed by atoms with Gasteiger partial charge in [-0.05, 0) is 90.8 Å². The van der Waals surface area contributed by atoms with E-state index in [4.69, 9.17) is 21.9 Å². The number of ether oxygens (including phenoxy) is 1. The molecule has 4 rings (SSSR count). The third-order valence-corrected chi connectivity index (χ3v) is 9.65. The van der Waals surface area contributed by atoms with Gasteiger partial charge in [0.2, 0.25) is 23.6 Å². The van der Waals surface area contributed by atoms with Crippen molar-refractivity contribution in [3.05, 3.63) is 35.5 Å². The SMILES string of the molecule is C[C@H](NC(=O)[C@@H]1CCCN1C(=O)[C@H](CCCN=C(N)N)NC(=O)C1Cc2c([nH]c3ccccc23)CN1C(=O)OC(C)(C)C)C(=O)N[C@@H](CCCCN)C(=O)O. The summed E-state index contributed by atoms with van der Waals surface area (Å²) >= 11 is 0. The van der Waals surface area contributed by atoms with Crippen molar-refractivity contribution in [1.82, 2.24) is 30.7 Å². The smallest absolute Gasteiger partial charge is 0.411 e. The Balaban J connectivity index is 1.53. The van der Waals surface area contributed by atoms with E-state index < -0.39 is 71.5 Å². The second kappa shape index (κ2) is 18.8. The fourth-order valence-corrected chi connectivity index (χ4v) is 6.91. The molecule has 5 atom stereocenters. The minimum atomic E-state index is -1.20. The van der Waals surface area contributed by atoms with Crippen LogP contribution in [0.4, 0.5) is 4.79 Å².